The molecule has 0 radical (unpaired) electrons. The van der Waals surface area contributed by atoms with Gasteiger partial charge in [-0.05, 0) is 49.8 Å². The van der Waals surface area contributed by atoms with Crippen molar-refractivity contribution in [1.29, 1.82) is 0 Å². The monoisotopic (exact) mass is 249 g/mol. The summed E-state index contributed by atoms with van der Waals surface area (Å²) in [5.41, 5.74) is 1.07. The van der Waals surface area contributed by atoms with Crippen LogP contribution >= 0.6 is 0 Å². The fourth-order valence-electron chi connectivity index (χ4n) is 3.08. The van der Waals surface area contributed by atoms with E-state index in [1.165, 1.54) is 31.7 Å². The highest BCUT2D eigenvalue weighted by molar-refractivity contribution is 5.20. The van der Waals surface area contributed by atoms with Crippen molar-refractivity contribution in [2.24, 2.45) is 5.92 Å². The largest absolute Gasteiger partial charge is 0.307 e. The molecule has 2 rings (SSSR count). The Morgan fingerprint density at radius 3 is 2.67 bits per heavy atom. The van der Waals surface area contributed by atoms with Crippen LogP contribution in [0.5, 0.6) is 0 Å². The Kier molecular flexibility index (Phi) is 4.76. The maximum atomic E-state index is 13.3. The van der Waals surface area contributed by atoms with E-state index in [1.807, 2.05) is 6.07 Å². The van der Waals surface area contributed by atoms with E-state index >= 15 is 0 Å². The second kappa shape index (κ2) is 6.33. The smallest absolute Gasteiger partial charge is 0.123 e. The zero-order valence-electron chi connectivity index (χ0n) is 11.5. The molecule has 1 nitrogen and oxygen atoms in total. The molecule has 0 spiro atoms. The fourth-order valence-corrected chi connectivity index (χ4v) is 3.08. The van der Waals surface area contributed by atoms with Crippen LogP contribution in [0.2, 0.25) is 0 Å². The first-order valence-corrected chi connectivity index (χ1v) is 7.22. The van der Waals surface area contributed by atoms with Crippen molar-refractivity contribution in [3.63, 3.8) is 0 Å². The van der Waals surface area contributed by atoms with E-state index < -0.39 is 0 Å². The molecule has 2 heteroatoms. The van der Waals surface area contributed by atoms with Gasteiger partial charge in [-0.1, -0.05) is 31.9 Å². The van der Waals surface area contributed by atoms with Gasteiger partial charge in [0.2, 0.25) is 0 Å². The summed E-state index contributed by atoms with van der Waals surface area (Å²) >= 11 is 0. The van der Waals surface area contributed by atoms with Crippen LogP contribution in [0.3, 0.4) is 0 Å². The summed E-state index contributed by atoms with van der Waals surface area (Å²) < 4.78 is 13.3. The molecular formula is C16H24FN. The maximum Gasteiger partial charge on any atom is 0.123 e. The molecular weight excluding hydrogens is 225 g/mol. The van der Waals surface area contributed by atoms with Gasteiger partial charge in [0.05, 0.1) is 0 Å². The van der Waals surface area contributed by atoms with Crippen molar-refractivity contribution in [2.75, 3.05) is 0 Å². The number of benzene rings is 1. The molecule has 18 heavy (non-hydrogen) atoms. The van der Waals surface area contributed by atoms with E-state index in [1.54, 1.807) is 12.1 Å². The topological polar surface area (TPSA) is 12.0 Å². The standard InChI is InChI=1S/C16H24FN/c1-3-16(14-9-6-10-15(17)11-14)18-12(2)13-7-4-5-8-13/h6,9-13,16,18H,3-5,7-8H2,1-2H3/t12-,16?/m0/s1. The minimum absolute atomic E-state index is 0.138. The second-order valence-corrected chi connectivity index (χ2v) is 5.52. The minimum atomic E-state index is -0.138. The molecule has 0 bridgehead atoms. The summed E-state index contributed by atoms with van der Waals surface area (Å²) in [6.45, 7) is 4.43. The Labute approximate surface area is 110 Å². The molecule has 1 aromatic rings. The third-order valence-electron chi connectivity index (χ3n) is 4.23. The molecule has 100 valence electrons. The van der Waals surface area contributed by atoms with Gasteiger partial charge in [0.15, 0.2) is 0 Å². The van der Waals surface area contributed by atoms with E-state index in [0.29, 0.717) is 6.04 Å². The van der Waals surface area contributed by atoms with E-state index in [2.05, 4.69) is 19.2 Å². The van der Waals surface area contributed by atoms with Crippen LogP contribution < -0.4 is 5.32 Å². The van der Waals surface area contributed by atoms with Gasteiger partial charge < -0.3 is 5.32 Å². The van der Waals surface area contributed by atoms with Crippen LogP contribution in [-0.4, -0.2) is 6.04 Å². The molecule has 2 atom stereocenters. The van der Waals surface area contributed by atoms with Crippen molar-refractivity contribution < 1.29 is 4.39 Å². The summed E-state index contributed by atoms with van der Waals surface area (Å²) in [6.07, 6.45) is 6.42. The van der Waals surface area contributed by atoms with Gasteiger partial charge >= 0.3 is 0 Å². The molecule has 1 saturated carbocycles. The van der Waals surface area contributed by atoms with Crippen molar-refractivity contribution in [3.05, 3.63) is 35.6 Å². The summed E-state index contributed by atoms with van der Waals surface area (Å²) in [4.78, 5) is 0. The highest BCUT2D eigenvalue weighted by Crippen LogP contribution is 2.29. The highest BCUT2D eigenvalue weighted by atomic mass is 19.1. The first kappa shape index (κ1) is 13.5. The lowest BCUT2D eigenvalue weighted by Gasteiger charge is -2.27. The molecule has 0 aromatic heterocycles. The van der Waals surface area contributed by atoms with E-state index in [-0.39, 0.29) is 11.9 Å². The van der Waals surface area contributed by atoms with Crippen LogP contribution in [0.15, 0.2) is 24.3 Å². The Morgan fingerprint density at radius 2 is 2.06 bits per heavy atom. The lowest BCUT2D eigenvalue weighted by Crippen LogP contribution is -2.35. The summed E-state index contributed by atoms with van der Waals surface area (Å²) in [5, 5.41) is 3.69. The Morgan fingerprint density at radius 1 is 1.33 bits per heavy atom. The average molecular weight is 249 g/mol. The van der Waals surface area contributed by atoms with Gasteiger partial charge in [-0.15, -0.1) is 0 Å². The van der Waals surface area contributed by atoms with Crippen LogP contribution in [0, 0.1) is 11.7 Å². The number of rotatable bonds is 5. The zero-order chi connectivity index (χ0) is 13.0. The molecule has 1 aliphatic rings. The fraction of sp³-hybridized carbons (Fsp3) is 0.625. The van der Waals surface area contributed by atoms with Crippen molar-refractivity contribution >= 4 is 0 Å². The molecule has 1 N–H and O–H groups in total. The predicted molar refractivity (Wildman–Crippen MR) is 74.0 cm³/mol. The second-order valence-electron chi connectivity index (χ2n) is 5.52. The summed E-state index contributed by atoms with van der Waals surface area (Å²) in [7, 11) is 0. The minimum Gasteiger partial charge on any atom is -0.307 e. The van der Waals surface area contributed by atoms with Crippen LogP contribution in [0.4, 0.5) is 4.39 Å². The number of nitrogens with one attached hydrogen (secondary N) is 1. The van der Waals surface area contributed by atoms with E-state index in [0.717, 1.165) is 17.9 Å². The zero-order valence-corrected chi connectivity index (χ0v) is 11.5. The van der Waals surface area contributed by atoms with Crippen LogP contribution in [0.1, 0.15) is 57.6 Å². The van der Waals surface area contributed by atoms with Crippen LogP contribution in [0.25, 0.3) is 0 Å². The Bertz CT molecular complexity index is 371. The van der Waals surface area contributed by atoms with Gasteiger partial charge in [0.25, 0.3) is 0 Å². The molecule has 1 aliphatic carbocycles. The number of hydrogen-bond donors (Lipinski definition) is 1. The molecule has 0 heterocycles. The number of hydrogen-bond acceptors (Lipinski definition) is 1. The van der Waals surface area contributed by atoms with Gasteiger partial charge in [-0.3, -0.25) is 0 Å². The quantitative estimate of drug-likeness (QED) is 0.813. The third kappa shape index (κ3) is 3.32. The third-order valence-corrected chi connectivity index (χ3v) is 4.23. The number of halogens is 1. The van der Waals surface area contributed by atoms with Gasteiger partial charge in [-0.25, -0.2) is 4.39 Å². The SMILES string of the molecule is CCC(N[C@@H](C)C1CCCC1)c1cccc(F)c1. The predicted octanol–water partition coefficient (Wildman–Crippen LogP) is 4.45. The summed E-state index contributed by atoms with van der Waals surface area (Å²) in [5.74, 6) is 0.661. The summed E-state index contributed by atoms with van der Waals surface area (Å²) in [6, 6.07) is 7.79. The molecule has 0 amide bonds. The first-order valence-electron chi connectivity index (χ1n) is 7.22. The first-order chi connectivity index (χ1) is 8.70. The Balaban J connectivity index is 2.00. The van der Waals surface area contributed by atoms with Crippen molar-refractivity contribution in [1.82, 2.24) is 5.32 Å². The normalized spacial score (nSPS) is 19.9. The maximum absolute atomic E-state index is 13.3. The molecule has 0 aliphatic heterocycles. The van der Waals surface area contributed by atoms with Gasteiger partial charge in [0, 0.05) is 12.1 Å². The lowest BCUT2D eigenvalue weighted by molar-refractivity contribution is 0.338. The van der Waals surface area contributed by atoms with E-state index in [9.17, 15) is 4.39 Å². The average Bonchev–Trinajstić information content (AvgIpc) is 2.89. The van der Waals surface area contributed by atoms with E-state index in [4.69, 9.17) is 0 Å². The van der Waals surface area contributed by atoms with Crippen molar-refractivity contribution in [3.8, 4) is 0 Å². The highest BCUT2D eigenvalue weighted by Gasteiger charge is 2.23. The molecule has 1 fully saturated rings. The Hall–Kier alpha value is -0.890. The molecule has 0 saturated heterocycles. The van der Waals surface area contributed by atoms with Gasteiger partial charge in [-0.2, -0.15) is 0 Å². The van der Waals surface area contributed by atoms with Crippen molar-refractivity contribution in [2.45, 2.75) is 58.0 Å². The molecule has 1 aromatic carbocycles. The van der Waals surface area contributed by atoms with Crippen LogP contribution in [-0.2, 0) is 0 Å². The lowest BCUT2D eigenvalue weighted by atomic mass is 9.96. The molecule has 1 unspecified atom stereocenters. The van der Waals surface area contributed by atoms with Gasteiger partial charge in [0.1, 0.15) is 5.82 Å².